The van der Waals surface area contributed by atoms with E-state index in [0.29, 0.717) is 13.0 Å². The Kier molecular flexibility index (Phi) is 8.27. The van der Waals surface area contributed by atoms with Crippen molar-refractivity contribution in [1.29, 1.82) is 0 Å². The molecule has 7 heteroatoms. The van der Waals surface area contributed by atoms with Crippen molar-refractivity contribution in [2.24, 2.45) is 0 Å². The minimum Gasteiger partial charge on any atom is -0.445 e. The van der Waals surface area contributed by atoms with Crippen LogP contribution >= 0.6 is 0 Å². The first kappa shape index (κ1) is 23.8. The maximum absolute atomic E-state index is 13.0. The third kappa shape index (κ3) is 7.57. The first-order valence-electron chi connectivity index (χ1n) is 11.5. The van der Waals surface area contributed by atoms with Gasteiger partial charge in [-0.3, -0.25) is 4.79 Å². The third-order valence-electron chi connectivity index (χ3n) is 5.52. The number of hydrogen-bond donors (Lipinski definition) is 2. The number of carbonyl (C=O) groups excluding carboxylic acids is 2. The van der Waals surface area contributed by atoms with Crippen LogP contribution in [-0.2, 0) is 35.6 Å². The zero-order chi connectivity index (χ0) is 24.3. The molecule has 2 amide bonds. The number of amides is 2. The number of hydrogen-bond acceptors (Lipinski definition) is 4. The van der Waals surface area contributed by atoms with Crippen molar-refractivity contribution >= 4 is 12.0 Å². The molecule has 4 aromatic rings. The molecule has 4 rings (SSSR count). The summed E-state index contributed by atoms with van der Waals surface area (Å²) in [6.45, 7) is 1.23. The summed E-state index contributed by atoms with van der Waals surface area (Å²) in [4.78, 5) is 29.5. The lowest BCUT2D eigenvalue weighted by atomic mass is 10.1. The van der Waals surface area contributed by atoms with Gasteiger partial charge in [-0.15, -0.1) is 0 Å². The Morgan fingerprint density at radius 3 is 2.14 bits per heavy atom. The van der Waals surface area contributed by atoms with Crippen molar-refractivity contribution in [2.45, 2.75) is 32.2 Å². The summed E-state index contributed by atoms with van der Waals surface area (Å²) in [6.07, 6.45) is 5.17. The molecular formula is C28H28N4O3. The highest BCUT2D eigenvalue weighted by molar-refractivity contribution is 5.85. The van der Waals surface area contributed by atoms with Crippen LogP contribution in [0.5, 0.6) is 0 Å². The summed E-state index contributed by atoms with van der Waals surface area (Å²) in [7, 11) is 0. The van der Waals surface area contributed by atoms with E-state index in [0.717, 1.165) is 28.8 Å². The minimum absolute atomic E-state index is 0.137. The fourth-order valence-electron chi connectivity index (χ4n) is 3.63. The minimum atomic E-state index is -0.763. The van der Waals surface area contributed by atoms with Crippen LogP contribution in [0.25, 0.3) is 0 Å². The van der Waals surface area contributed by atoms with Crippen LogP contribution in [0.4, 0.5) is 4.79 Å². The molecule has 178 valence electrons. The molecule has 0 fully saturated rings. The second-order valence-corrected chi connectivity index (χ2v) is 8.22. The Morgan fingerprint density at radius 1 is 0.829 bits per heavy atom. The second-order valence-electron chi connectivity index (χ2n) is 8.22. The standard InChI is InChI=1S/C28H28N4O3/c33-27(30-18-23-11-13-24(14-12-23)19-32-16-15-29-21-32)26(17-22-7-3-1-4-8-22)31-28(34)35-20-25-9-5-2-6-10-25/h1-16,21,26H,17-20H2,(H,30,33)(H,31,34). The number of nitrogens with one attached hydrogen (secondary N) is 2. The SMILES string of the molecule is O=C(NC(Cc1ccccc1)C(=O)NCc1ccc(Cn2ccnc2)cc1)OCc1ccccc1. The second kappa shape index (κ2) is 12.2. The van der Waals surface area contributed by atoms with E-state index < -0.39 is 12.1 Å². The van der Waals surface area contributed by atoms with E-state index in [9.17, 15) is 9.59 Å². The van der Waals surface area contributed by atoms with Crippen LogP contribution in [0.1, 0.15) is 22.3 Å². The molecule has 0 bridgehead atoms. The van der Waals surface area contributed by atoms with Gasteiger partial charge < -0.3 is 19.9 Å². The number of nitrogens with zero attached hydrogens (tertiary/aromatic N) is 2. The van der Waals surface area contributed by atoms with Gasteiger partial charge in [0.1, 0.15) is 12.6 Å². The van der Waals surface area contributed by atoms with E-state index in [1.807, 2.05) is 95.7 Å². The van der Waals surface area contributed by atoms with E-state index in [1.54, 1.807) is 12.5 Å². The molecule has 35 heavy (non-hydrogen) atoms. The number of benzene rings is 3. The lowest BCUT2D eigenvalue weighted by Crippen LogP contribution is -2.48. The Balaban J connectivity index is 1.33. The van der Waals surface area contributed by atoms with Crippen LogP contribution in [0.15, 0.2) is 104 Å². The maximum atomic E-state index is 13.0. The molecule has 7 nitrogen and oxygen atoms in total. The Hall–Kier alpha value is -4.39. The molecule has 3 aromatic carbocycles. The molecule has 0 aliphatic carbocycles. The molecule has 1 aromatic heterocycles. The van der Waals surface area contributed by atoms with Crippen LogP contribution < -0.4 is 10.6 Å². The van der Waals surface area contributed by atoms with Gasteiger partial charge in [0.05, 0.1) is 6.33 Å². The summed E-state index contributed by atoms with van der Waals surface area (Å²) in [5.74, 6) is -0.270. The Bertz CT molecular complexity index is 1190. The van der Waals surface area contributed by atoms with E-state index in [1.165, 1.54) is 0 Å². The third-order valence-corrected chi connectivity index (χ3v) is 5.52. The van der Waals surface area contributed by atoms with Gasteiger partial charge in [-0.1, -0.05) is 84.9 Å². The molecule has 0 aliphatic heterocycles. The van der Waals surface area contributed by atoms with Crippen molar-refractivity contribution in [1.82, 2.24) is 20.2 Å². The number of ether oxygens (including phenoxy) is 1. The number of imidazole rings is 1. The Morgan fingerprint density at radius 2 is 1.49 bits per heavy atom. The normalized spacial score (nSPS) is 11.4. The highest BCUT2D eigenvalue weighted by atomic mass is 16.5. The van der Waals surface area contributed by atoms with E-state index in [4.69, 9.17) is 4.74 Å². The first-order valence-corrected chi connectivity index (χ1v) is 11.5. The molecule has 0 aliphatic rings. The molecule has 0 radical (unpaired) electrons. The van der Waals surface area contributed by atoms with Crippen molar-refractivity contribution in [3.05, 3.63) is 126 Å². The summed E-state index contributed by atoms with van der Waals surface area (Å²) in [5.41, 5.74) is 3.93. The van der Waals surface area contributed by atoms with Gasteiger partial charge in [-0.2, -0.15) is 0 Å². The van der Waals surface area contributed by atoms with Gasteiger partial charge in [0, 0.05) is 31.9 Å². The molecule has 0 saturated carbocycles. The Labute approximate surface area is 204 Å². The van der Waals surface area contributed by atoms with Gasteiger partial charge >= 0.3 is 6.09 Å². The smallest absolute Gasteiger partial charge is 0.408 e. The quantitative estimate of drug-likeness (QED) is 0.367. The largest absolute Gasteiger partial charge is 0.445 e. The molecule has 0 saturated heterocycles. The highest BCUT2D eigenvalue weighted by Crippen LogP contribution is 2.08. The lowest BCUT2D eigenvalue weighted by Gasteiger charge is -2.19. The number of rotatable bonds is 10. The molecule has 1 unspecified atom stereocenters. The number of carbonyl (C=O) groups is 2. The van der Waals surface area contributed by atoms with Crippen molar-refractivity contribution in [3.8, 4) is 0 Å². The molecular weight excluding hydrogens is 440 g/mol. The van der Waals surface area contributed by atoms with Crippen molar-refractivity contribution in [3.63, 3.8) is 0 Å². The first-order chi connectivity index (χ1) is 17.2. The summed E-state index contributed by atoms with van der Waals surface area (Å²) in [5, 5.41) is 5.66. The fourth-order valence-corrected chi connectivity index (χ4v) is 3.63. The van der Waals surface area contributed by atoms with Crippen LogP contribution in [0.3, 0.4) is 0 Å². The zero-order valence-electron chi connectivity index (χ0n) is 19.3. The van der Waals surface area contributed by atoms with E-state index in [2.05, 4.69) is 15.6 Å². The maximum Gasteiger partial charge on any atom is 0.408 e. The zero-order valence-corrected chi connectivity index (χ0v) is 19.3. The predicted molar refractivity (Wildman–Crippen MR) is 133 cm³/mol. The van der Waals surface area contributed by atoms with E-state index in [-0.39, 0.29) is 12.5 Å². The van der Waals surface area contributed by atoms with Crippen LogP contribution in [-0.4, -0.2) is 27.6 Å². The predicted octanol–water partition coefficient (Wildman–Crippen LogP) is 4.09. The molecule has 1 atom stereocenters. The molecule has 0 spiro atoms. The summed E-state index contributed by atoms with van der Waals surface area (Å²) >= 11 is 0. The van der Waals surface area contributed by atoms with Gasteiger partial charge in [-0.25, -0.2) is 9.78 Å². The van der Waals surface area contributed by atoms with Crippen molar-refractivity contribution in [2.75, 3.05) is 0 Å². The average Bonchev–Trinajstić information content (AvgIpc) is 3.41. The fraction of sp³-hybridized carbons (Fsp3) is 0.179. The van der Waals surface area contributed by atoms with Gasteiger partial charge in [0.2, 0.25) is 5.91 Å². The van der Waals surface area contributed by atoms with Gasteiger partial charge in [0.15, 0.2) is 0 Å². The topological polar surface area (TPSA) is 85.3 Å². The summed E-state index contributed by atoms with van der Waals surface area (Å²) < 4.78 is 7.32. The van der Waals surface area contributed by atoms with E-state index >= 15 is 0 Å². The highest BCUT2D eigenvalue weighted by Gasteiger charge is 2.22. The number of alkyl carbamates (subject to hydrolysis) is 1. The van der Waals surface area contributed by atoms with Crippen LogP contribution in [0.2, 0.25) is 0 Å². The monoisotopic (exact) mass is 468 g/mol. The average molecular weight is 469 g/mol. The van der Waals surface area contributed by atoms with Gasteiger partial charge in [-0.05, 0) is 22.3 Å². The van der Waals surface area contributed by atoms with Crippen LogP contribution in [0, 0.1) is 0 Å². The summed E-state index contributed by atoms with van der Waals surface area (Å²) in [6, 6.07) is 26.3. The molecule has 2 N–H and O–H groups in total. The lowest BCUT2D eigenvalue weighted by molar-refractivity contribution is -0.123. The number of aromatic nitrogens is 2. The van der Waals surface area contributed by atoms with Gasteiger partial charge in [0.25, 0.3) is 0 Å². The molecule has 1 heterocycles. The van der Waals surface area contributed by atoms with Crippen molar-refractivity contribution < 1.29 is 14.3 Å².